The van der Waals surface area contributed by atoms with E-state index in [2.05, 4.69) is 70.9 Å². The Labute approximate surface area is 292 Å². The van der Waals surface area contributed by atoms with Crippen LogP contribution in [0, 0.1) is 17.8 Å². The van der Waals surface area contributed by atoms with E-state index in [0.717, 1.165) is 97.1 Å². The first-order chi connectivity index (χ1) is 24.0. The molecule has 49 heavy (non-hydrogen) atoms. The molecule has 256 valence electrons. The first-order valence-electron chi connectivity index (χ1n) is 18.2. The molecular weight excluding hydrogens is 606 g/mol. The molecule has 0 amide bonds. The largest absolute Gasteiger partial charge is 0.379 e. The van der Waals surface area contributed by atoms with Gasteiger partial charge in [0.05, 0.1) is 25.5 Å². The van der Waals surface area contributed by atoms with Gasteiger partial charge in [0.15, 0.2) is 5.78 Å². The molecule has 1 saturated heterocycles. The number of carbonyl (C=O) groups excluding carboxylic acids is 2. The SMILES string of the molecule is C=C1c2cc(ncc2C2=CC=C(c3ccccc3)CCC=C2)C(CNC)=C(C(=O)C=CC)C1C1CCCC(C(=O)CN2CCOCC2)CC1. The lowest BCUT2D eigenvalue weighted by molar-refractivity contribution is -0.125. The van der Waals surface area contributed by atoms with Crippen molar-refractivity contribution in [2.45, 2.75) is 51.9 Å². The number of carbonyl (C=O) groups is 2. The van der Waals surface area contributed by atoms with Crippen molar-refractivity contribution in [3.05, 3.63) is 114 Å². The van der Waals surface area contributed by atoms with E-state index in [-0.39, 0.29) is 23.5 Å². The van der Waals surface area contributed by atoms with Gasteiger partial charge in [-0.25, -0.2) is 0 Å². The smallest absolute Gasteiger partial charge is 0.182 e. The zero-order chi connectivity index (χ0) is 34.2. The fraction of sp³-hybridized carbons (Fsp3) is 0.419. The number of hydrogen-bond acceptors (Lipinski definition) is 6. The van der Waals surface area contributed by atoms with Crippen LogP contribution in [0.2, 0.25) is 0 Å². The molecule has 3 atom stereocenters. The van der Waals surface area contributed by atoms with Crippen LogP contribution in [0.4, 0.5) is 0 Å². The lowest BCUT2D eigenvalue weighted by Gasteiger charge is -2.31. The molecule has 1 aliphatic heterocycles. The number of Topliss-reactive ketones (excluding diaryl/α,β-unsaturated/α-hetero) is 1. The van der Waals surface area contributed by atoms with Gasteiger partial charge in [-0.05, 0) is 104 Å². The first kappa shape index (κ1) is 34.9. The number of ether oxygens (including phenoxy) is 1. The number of pyridine rings is 1. The fourth-order valence-electron chi connectivity index (χ4n) is 8.15. The Bertz CT molecular complexity index is 1690. The van der Waals surface area contributed by atoms with E-state index in [1.165, 1.54) is 11.1 Å². The summed E-state index contributed by atoms with van der Waals surface area (Å²) in [6.45, 7) is 10.8. The predicted molar refractivity (Wildman–Crippen MR) is 201 cm³/mol. The Hall–Kier alpha value is -3.97. The van der Waals surface area contributed by atoms with Crippen LogP contribution in [0.5, 0.6) is 0 Å². The second-order valence-electron chi connectivity index (χ2n) is 13.8. The monoisotopic (exact) mass is 657 g/mol. The Morgan fingerprint density at radius 1 is 1.06 bits per heavy atom. The molecule has 2 fully saturated rings. The normalized spacial score (nSPS) is 23.7. The molecule has 6 nitrogen and oxygen atoms in total. The number of likely N-dealkylation sites (N-methyl/N-ethyl adjacent to an activating group) is 1. The van der Waals surface area contributed by atoms with E-state index < -0.39 is 0 Å². The summed E-state index contributed by atoms with van der Waals surface area (Å²) in [5, 5.41) is 3.33. The molecule has 1 aromatic carbocycles. The van der Waals surface area contributed by atoms with E-state index in [0.29, 0.717) is 32.1 Å². The Kier molecular flexibility index (Phi) is 11.8. The van der Waals surface area contributed by atoms with Gasteiger partial charge in [0.25, 0.3) is 0 Å². The summed E-state index contributed by atoms with van der Waals surface area (Å²) in [5.74, 6) is 0.446. The summed E-state index contributed by atoms with van der Waals surface area (Å²) in [6, 6.07) is 12.7. The van der Waals surface area contributed by atoms with Gasteiger partial charge in [0.2, 0.25) is 0 Å². The van der Waals surface area contributed by atoms with Crippen LogP contribution in [0.3, 0.4) is 0 Å². The number of aromatic nitrogens is 1. The van der Waals surface area contributed by atoms with Gasteiger partial charge in [-0.3, -0.25) is 19.5 Å². The average molecular weight is 658 g/mol. The predicted octanol–water partition coefficient (Wildman–Crippen LogP) is 7.76. The molecule has 3 aliphatic carbocycles. The van der Waals surface area contributed by atoms with Crippen LogP contribution in [-0.2, 0) is 14.3 Å². The third kappa shape index (κ3) is 8.09. The molecule has 6 rings (SSSR count). The summed E-state index contributed by atoms with van der Waals surface area (Å²) in [6.07, 6.45) is 20.9. The van der Waals surface area contributed by atoms with Crippen molar-refractivity contribution >= 4 is 33.9 Å². The van der Waals surface area contributed by atoms with Crippen molar-refractivity contribution in [3.63, 3.8) is 0 Å². The average Bonchev–Trinajstić information content (AvgIpc) is 3.41. The van der Waals surface area contributed by atoms with Crippen LogP contribution < -0.4 is 5.32 Å². The number of nitrogens with zero attached hydrogens (tertiary/aromatic N) is 2. The van der Waals surface area contributed by atoms with Gasteiger partial charge in [-0.1, -0.05) is 73.7 Å². The van der Waals surface area contributed by atoms with Gasteiger partial charge in [0, 0.05) is 48.8 Å². The zero-order valence-corrected chi connectivity index (χ0v) is 29.3. The highest BCUT2D eigenvalue weighted by Crippen LogP contribution is 2.47. The lowest BCUT2D eigenvalue weighted by atomic mass is 9.72. The molecule has 4 aliphatic rings. The van der Waals surface area contributed by atoms with E-state index >= 15 is 0 Å². The van der Waals surface area contributed by atoms with Crippen LogP contribution in [-0.4, -0.2) is 67.9 Å². The summed E-state index contributed by atoms with van der Waals surface area (Å²) in [5.41, 5.74) is 9.29. The Morgan fingerprint density at radius 2 is 1.88 bits per heavy atom. The number of fused-ring (bicyclic) bond motifs is 2. The van der Waals surface area contributed by atoms with Crippen molar-refractivity contribution in [1.82, 2.24) is 15.2 Å². The minimum atomic E-state index is -0.172. The summed E-state index contributed by atoms with van der Waals surface area (Å²) < 4.78 is 5.50. The zero-order valence-electron chi connectivity index (χ0n) is 29.3. The van der Waals surface area contributed by atoms with Crippen LogP contribution >= 0.6 is 0 Å². The Morgan fingerprint density at radius 3 is 2.65 bits per heavy atom. The van der Waals surface area contributed by atoms with E-state index in [4.69, 9.17) is 16.3 Å². The molecule has 2 aromatic rings. The molecule has 2 heterocycles. The van der Waals surface area contributed by atoms with E-state index in [9.17, 15) is 9.59 Å². The van der Waals surface area contributed by atoms with E-state index in [1.807, 2.05) is 26.2 Å². The second-order valence-corrected chi connectivity index (χ2v) is 13.8. The van der Waals surface area contributed by atoms with Gasteiger partial charge in [0.1, 0.15) is 5.78 Å². The third-order valence-electron chi connectivity index (χ3n) is 10.7. The second kappa shape index (κ2) is 16.6. The quantitative estimate of drug-likeness (QED) is 0.208. The lowest BCUT2D eigenvalue weighted by Crippen LogP contribution is -2.41. The molecule has 3 unspecified atom stereocenters. The fourth-order valence-corrected chi connectivity index (χ4v) is 8.15. The van der Waals surface area contributed by atoms with Crippen LogP contribution in [0.15, 0.2) is 91.2 Å². The number of allylic oxidation sites excluding steroid dienone is 10. The van der Waals surface area contributed by atoms with E-state index in [1.54, 1.807) is 6.08 Å². The Balaban J connectivity index is 1.37. The maximum absolute atomic E-state index is 14.1. The molecular formula is C43H51N3O3. The first-order valence-corrected chi connectivity index (χ1v) is 18.2. The standard InChI is InChI=1S/C43H51N3O3/c1-4-11-40(47)43-38(27-44-3)39-26-36(37(28-45-39)33-15-9-8-14-32(18-19-33)31-12-6-5-7-13-31)30(2)42(43)35-17-10-16-34(20-21-35)41(48)29-46-22-24-49-25-23-46/h4-7,9,11-13,15,18-19,26,28,34-35,42,44H,2,8,10,14,16-17,20-25,27,29H2,1,3H3. The third-order valence-corrected chi connectivity index (χ3v) is 10.7. The van der Waals surface area contributed by atoms with Gasteiger partial charge >= 0.3 is 0 Å². The molecule has 2 bridgehead atoms. The maximum atomic E-state index is 14.1. The van der Waals surface area contributed by atoms with Crippen LogP contribution in [0.1, 0.15) is 74.3 Å². The highest BCUT2D eigenvalue weighted by molar-refractivity contribution is 6.12. The minimum absolute atomic E-state index is 0.0226. The van der Waals surface area contributed by atoms with Crippen molar-refractivity contribution < 1.29 is 14.3 Å². The van der Waals surface area contributed by atoms with Crippen molar-refractivity contribution in [2.24, 2.45) is 17.8 Å². The topological polar surface area (TPSA) is 71.5 Å². The highest BCUT2D eigenvalue weighted by atomic mass is 16.5. The minimum Gasteiger partial charge on any atom is -0.379 e. The number of rotatable bonds is 10. The summed E-state index contributed by atoms with van der Waals surface area (Å²) >= 11 is 0. The number of benzene rings is 1. The summed E-state index contributed by atoms with van der Waals surface area (Å²) in [4.78, 5) is 34.9. The maximum Gasteiger partial charge on any atom is 0.182 e. The van der Waals surface area contributed by atoms with Gasteiger partial charge in [-0.2, -0.15) is 0 Å². The number of ketones is 2. The van der Waals surface area contributed by atoms with Crippen molar-refractivity contribution in [2.75, 3.05) is 46.4 Å². The van der Waals surface area contributed by atoms with Gasteiger partial charge < -0.3 is 10.1 Å². The number of hydrogen-bond donors (Lipinski definition) is 1. The van der Waals surface area contributed by atoms with Crippen molar-refractivity contribution in [3.8, 4) is 0 Å². The molecule has 0 radical (unpaired) electrons. The highest BCUT2D eigenvalue weighted by Gasteiger charge is 2.38. The molecule has 1 saturated carbocycles. The molecule has 1 aromatic heterocycles. The molecule has 6 heteroatoms. The van der Waals surface area contributed by atoms with Gasteiger partial charge in [-0.15, -0.1) is 0 Å². The number of nitrogens with one attached hydrogen (secondary N) is 1. The number of morpholine rings is 1. The molecule has 0 spiro atoms. The van der Waals surface area contributed by atoms with Crippen LogP contribution in [0.25, 0.3) is 22.3 Å². The summed E-state index contributed by atoms with van der Waals surface area (Å²) in [7, 11) is 1.92. The van der Waals surface area contributed by atoms with Crippen molar-refractivity contribution in [1.29, 1.82) is 0 Å². The molecule has 1 N–H and O–H groups in total.